The highest BCUT2D eigenvalue weighted by atomic mass is 16.5. The molecule has 2 rings (SSSR count). The maximum atomic E-state index is 6.02. The highest BCUT2D eigenvalue weighted by Crippen LogP contribution is 2.39. The largest absolute Gasteiger partial charge is 0.378 e. The van der Waals surface area contributed by atoms with Crippen LogP contribution in [-0.4, -0.2) is 12.7 Å². The number of unbranched alkanes of at least 4 members (excludes halogenated alkanes) is 2. The fourth-order valence-corrected chi connectivity index (χ4v) is 4.20. The van der Waals surface area contributed by atoms with Gasteiger partial charge in [0, 0.05) is 0 Å². The molecule has 0 spiro atoms. The van der Waals surface area contributed by atoms with E-state index in [1.807, 2.05) is 6.08 Å². The van der Waals surface area contributed by atoms with E-state index in [0.717, 1.165) is 30.8 Å². The third kappa shape index (κ3) is 4.91. The summed E-state index contributed by atoms with van der Waals surface area (Å²) in [5, 5.41) is 0. The zero-order valence-corrected chi connectivity index (χ0v) is 13.5. The summed E-state index contributed by atoms with van der Waals surface area (Å²) >= 11 is 0. The molecule has 0 radical (unpaired) electrons. The molecule has 116 valence electrons. The second-order valence-corrected chi connectivity index (χ2v) is 7.09. The van der Waals surface area contributed by atoms with Crippen molar-refractivity contribution in [1.82, 2.24) is 0 Å². The lowest BCUT2D eigenvalue weighted by Gasteiger charge is -2.37. The lowest BCUT2D eigenvalue weighted by molar-refractivity contribution is -0.0369. The minimum absolute atomic E-state index is 0.467. The van der Waals surface area contributed by atoms with Crippen LogP contribution in [0.5, 0.6) is 0 Å². The summed E-state index contributed by atoms with van der Waals surface area (Å²) < 4.78 is 6.02. The predicted molar refractivity (Wildman–Crippen MR) is 86.9 cm³/mol. The van der Waals surface area contributed by atoms with Gasteiger partial charge in [0.25, 0.3) is 0 Å². The summed E-state index contributed by atoms with van der Waals surface area (Å²) in [6, 6.07) is 0. The molecule has 0 aromatic rings. The standard InChI is InChI=1S/C19H34O/c1-3-5-6-8-16-9-11-17(12-10-16)18-13-14-19(7-4-2)20-15-18/h4,16-19H,2-3,5-15H2,1H3. The summed E-state index contributed by atoms with van der Waals surface area (Å²) in [6.07, 6.45) is 17.8. The molecular formula is C19H34O. The van der Waals surface area contributed by atoms with Gasteiger partial charge >= 0.3 is 0 Å². The minimum Gasteiger partial charge on any atom is -0.378 e. The third-order valence-corrected chi connectivity index (χ3v) is 5.61. The van der Waals surface area contributed by atoms with Crippen LogP contribution in [0.15, 0.2) is 12.7 Å². The van der Waals surface area contributed by atoms with Crippen molar-refractivity contribution in [2.24, 2.45) is 17.8 Å². The van der Waals surface area contributed by atoms with E-state index in [1.165, 1.54) is 64.2 Å². The first-order chi connectivity index (χ1) is 9.83. The van der Waals surface area contributed by atoms with Crippen LogP contribution in [0.4, 0.5) is 0 Å². The van der Waals surface area contributed by atoms with Gasteiger partial charge in [-0.15, -0.1) is 6.58 Å². The van der Waals surface area contributed by atoms with E-state index >= 15 is 0 Å². The van der Waals surface area contributed by atoms with Crippen molar-refractivity contribution in [3.05, 3.63) is 12.7 Å². The average molecular weight is 278 g/mol. The molecule has 1 aliphatic carbocycles. The molecular weight excluding hydrogens is 244 g/mol. The Morgan fingerprint density at radius 1 is 1.00 bits per heavy atom. The Balaban J connectivity index is 1.63. The predicted octanol–water partition coefficient (Wildman–Crippen LogP) is 5.74. The Bertz CT molecular complexity index is 257. The van der Waals surface area contributed by atoms with E-state index in [4.69, 9.17) is 4.74 Å². The molecule has 2 unspecified atom stereocenters. The van der Waals surface area contributed by atoms with Gasteiger partial charge in [-0.3, -0.25) is 0 Å². The number of rotatable bonds is 7. The van der Waals surface area contributed by atoms with E-state index in [0.29, 0.717) is 6.10 Å². The zero-order chi connectivity index (χ0) is 14.2. The van der Waals surface area contributed by atoms with Gasteiger partial charge in [-0.05, 0) is 49.9 Å². The fraction of sp³-hybridized carbons (Fsp3) is 0.895. The molecule has 2 aliphatic rings. The van der Waals surface area contributed by atoms with Crippen molar-refractivity contribution in [3.63, 3.8) is 0 Å². The van der Waals surface area contributed by atoms with Crippen LogP contribution in [0.25, 0.3) is 0 Å². The number of hydrogen-bond donors (Lipinski definition) is 0. The lowest BCUT2D eigenvalue weighted by Crippen LogP contribution is -2.32. The van der Waals surface area contributed by atoms with Crippen molar-refractivity contribution < 1.29 is 4.74 Å². The first kappa shape index (κ1) is 16.1. The monoisotopic (exact) mass is 278 g/mol. The van der Waals surface area contributed by atoms with Crippen LogP contribution in [0.3, 0.4) is 0 Å². The molecule has 1 aliphatic heterocycles. The van der Waals surface area contributed by atoms with Gasteiger partial charge in [-0.1, -0.05) is 51.5 Å². The summed E-state index contributed by atoms with van der Waals surface area (Å²) in [5.41, 5.74) is 0. The van der Waals surface area contributed by atoms with E-state index in [2.05, 4.69) is 13.5 Å². The van der Waals surface area contributed by atoms with Crippen LogP contribution in [-0.2, 0) is 4.74 Å². The molecule has 0 aromatic carbocycles. The molecule has 20 heavy (non-hydrogen) atoms. The summed E-state index contributed by atoms with van der Waals surface area (Å²) in [6.45, 7) is 7.15. The number of hydrogen-bond acceptors (Lipinski definition) is 1. The summed E-state index contributed by atoms with van der Waals surface area (Å²) in [7, 11) is 0. The minimum atomic E-state index is 0.467. The molecule has 0 aromatic heterocycles. The van der Waals surface area contributed by atoms with Crippen molar-refractivity contribution in [2.45, 2.75) is 83.7 Å². The smallest absolute Gasteiger partial charge is 0.0609 e. The van der Waals surface area contributed by atoms with Gasteiger partial charge in [-0.25, -0.2) is 0 Å². The molecule has 2 atom stereocenters. The van der Waals surface area contributed by atoms with Gasteiger partial charge in [0.15, 0.2) is 0 Å². The summed E-state index contributed by atoms with van der Waals surface area (Å²) in [4.78, 5) is 0. The zero-order valence-electron chi connectivity index (χ0n) is 13.5. The molecule has 1 saturated carbocycles. The van der Waals surface area contributed by atoms with Crippen molar-refractivity contribution in [1.29, 1.82) is 0 Å². The van der Waals surface area contributed by atoms with E-state index in [9.17, 15) is 0 Å². The van der Waals surface area contributed by atoms with Crippen molar-refractivity contribution in [3.8, 4) is 0 Å². The highest BCUT2D eigenvalue weighted by Gasteiger charge is 2.30. The van der Waals surface area contributed by atoms with Gasteiger partial charge in [-0.2, -0.15) is 0 Å². The molecule has 1 heterocycles. The Kier molecular flexibility index (Phi) is 7.13. The molecule has 1 nitrogen and oxygen atoms in total. The summed E-state index contributed by atoms with van der Waals surface area (Å²) in [5.74, 6) is 2.85. The Morgan fingerprint density at radius 3 is 2.35 bits per heavy atom. The van der Waals surface area contributed by atoms with Crippen LogP contribution in [0.2, 0.25) is 0 Å². The quantitative estimate of drug-likeness (QED) is 0.426. The maximum absolute atomic E-state index is 6.02. The normalized spacial score (nSPS) is 34.9. The van der Waals surface area contributed by atoms with Crippen molar-refractivity contribution in [2.75, 3.05) is 6.61 Å². The van der Waals surface area contributed by atoms with E-state index < -0.39 is 0 Å². The lowest BCUT2D eigenvalue weighted by atomic mass is 9.72. The Morgan fingerprint density at radius 2 is 1.75 bits per heavy atom. The Labute approximate surface area is 126 Å². The number of ether oxygens (including phenoxy) is 1. The molecule has 1 saturated heterocycles. The topological polar surface area (TPSA) is 9.23 Å². The van der Waals surface area contributed by atoms with Crippen molar-refractivity contribution >= 4 is 0 Å². The molecule has 0 N–H and O–H groups in total. The van der Waals surface area contributed by atoms with Crippen LogP contribution in [0.1, 0.15) is 77.6 Å². The molecule has 0 amide bonds. The van der Waals surface area contributed by atoms with Gasteiger partial charge in [0.1, 0.15) is 0 Å². The first-order valence-corrected chi connectivity index (χ1v) is 9.06. The first-order valence-electron chi connectivity index (χ1n) is 9.06. The van der Waals surface area contributed by atoms with Crippen LogP contribution in [0, 0.1) is 17.8 Å². The highest BCUT2D eigenvalue weighted by molar-refractivity contribution is 4.83. The SMILES string of the molecule is C=CCC1CCC(C2CCC(CCCCC)CC2)CO1. The maximum Gasteiger partial charge on any atom is 0.0609 e. The fourth-order valence-electron chi connectivity index (χ4n) is 4.20. The second-order valence-electron chi connectivity index (χ2n) is 7.09. The molecule has 2 fully saturated rings. The van der Waals surface area contributed by atoms with Gasteiger partial charge < -0.3 is 4.74 Å². The Hall–Kier alpha value is -0.300. The van der Waals surface area contributed by atoms with Crippen LogP contribution < -0.4 is 0 Å². The molecule has 1 heteroatoms. The van der Waals surface area contributed by atoms with Crippen LogP contribution >= 0.6 is 0 Å². The average Bonchev–Trinajstić information content (AvgIpc) is 2.49. The van der Waals surface area contributed by atoms with E-state index in [-0.39, 0.29) is 0 Å². The second kappa shape index (κ2) is 8.87. The van der Waals surface area contributed by atoms with Gasteiger partial charge in [0.2, 0.25) is 0 Å². The molecule has 0 bridgehead atoms. The third-order valence-electron chi connectivity index (χ3n) is 5.61. The van der Waals surface area contributed by atoms with E-state index in [1.54, 1.807) is 0 Å². The van der Waals surface area contributed by atoms with Gasteiger partial charge in [0.05, 0.1) is 12.7 Å².